The number of azo groups is 2. The number of nitrogens with two attached hydrogens (primary N) is 1. The molecule has 0 atom stereocenters. The molecule has 0 aliphatic carbocycles. The van der Waals surface area contributed by atoms with Crippen molar-refractivity contribution in [3.63, 3.8) is 0 Å². The van der Waals surface area contributed by atoms with E-state index in [1.807, 2.05) is 104 Å². The van der Waals surface area contributed by atoms with Crippen LogP contribution in [0.25, 0.3) is 10.8 Å². The molecule has 4 aromatic carbocycles. The van der Waals surface area contributed by atoms with Crippen molar-refractivity contribution in [2.75, 3.05) is 12.0 Å². The minimum Gasteiger partial charge on any atom is -0.505 e. The number of benzene rings is 4. The highest BCUT2D eigenvalue weighted by molar-refractivity contribution is 7.94. The van der Waals surface area contributed by atoms with Gasteiger partial charge in [0.2, 0.25) is 0 Å². The second-order valence-corrected chi connectivity index (χ2v) is 9.41. The predicted octanol–water partition coefficient (Wildman–Crippen LogP) is 11.0. The van der Waals surface area contributed by atoms with E-state index in [2.05, 4.69) is 29.8 Å². The number of nitrogen functional groups attached to an aromatic ring is 1. The van der Waals surface area contributed by atoms with E-state index in [1.54, 1.807) is 30.3 Å². The number of fused-ring (bicyclic) bond motifs is 1. The predicted molar refractivity (Wildman–Crippen MR) is 185 cm³/mol. The van der Waals surface area contributed by atoms with Gasteiger partial charge in [-0.25, -0.2) is 5.26 Å². The van der Waals surface area contributed by atoms with E-state index in [9.17, 15) is 13.5 Å². The molecule has 0 aliphatic heterocycles. The maximum atomic E-state index is 11.0. The number of phenols is 1. The molecule has 4 rings (SSSR count). The van der Waals surface area contributed by atoms with Crippen molar-refractivity contribution in [1.29, 1.82) is 0 Å². The quantitative estimate of drug-likeness (QED) is 0.0372. The number of anilines is 1. The molecule has 0 saturated carbocycles. The third-order valence-electron chi connectivity index (χ3n) is 4.44. The highest BCUT2D eigenvalue weighted by Gasteiger charge is 2.18. The van der Waals surface area contributed by atoms with Gasteiger partial charge in [-0.15, -0.1) is 14.6 Å². The summed E-state index contributed by atoms with van der Waals surface area (Å²) < 4.78 is 30.4. The second kappa shape index (κ2) is 25.4. The summed E-state index contributed by atoms with van der Waals surface area (Å²) in [5, 5.41) is 40.9. The molecule has 0 bridgehead atoms. The highest BCUT2D eigenvalue weighted by atomic mass is 32.2. The van der Waals surface area contributed by atoms with Gasteiger partial charge in [-0.05, 0) is 41.8 Å². The Morgan fingerprint density at radius 2 is 1.18 bits per heavy atom. The third-order valence-corrected chi connectivity index (χ3v) is 5.06. The largest absolute Gasteiger partial charge is 0.505 e. The summed E-state index contributed by atoms with van der Waals surface area (Å²) in [6.45, 7) is 16.0. The Labute approximate surface area is 270 Å². The van der Waals surface area contributed by atoms with E-state index in [4.69, 9.17) is 15.5 Å². The summed E-state index contributed by atoms with van der Waals surface area (Å²) in [5.41, 5.74) is 8.28. The van der Waals surface area contributed by atoms with Crippen LogP contribution in [0, 0.1) is 0 Å². The summed E-state index contributed by atoms with van der Waals surface area (Å²) >= 11 is 0.660. The lowest BCUT2D eigenvalue weighted by atomic mass is 10.1. The van der Waals surface area contributed by atoms with Crippen LogP contribution in [-0.2, 0) is 19.5 Å². The summed E-state index contributed by atoms with van der Waals surface area (Å²) in [7, 11) is -3.67. The molecule has 0 amide bonds. The first-order valence-electron chi connectivity index (χ1n) is 14.3. The fourth-order valence-electron chi connectivity index (χ4n) is 2.96. The summed E-state index contributed by atoms with van der Waals surface area (Å²) in [6.07, 6.45) is 0.715. The van der Waals surface area contributed by atoms with Gasteiger partial charge in [0.15, 0.2) is 5.75 Å². The van der Waals surface area contributed by atoms with Gasteiger partial charge in [-0.3, -0.25) is 4.55 Å². The first kappa shape index (κ1) is 43.2. The molecule has 45 heavy (non-hydrogen) atoms. The van der Waals surface area contributed by atoms with Gasteiger partial charge < -0.3 is 10.8 Å². The van der Waals surface area contributed by atoms with Crippen LogP contribution < -0.4 is 5.73 Å². The minimum atomic E-state index is -3.67. The fraction of sp³-hybridized carbons (Fsp3) is 0.290. The lowest BCUT2D eigenvalue weighted by Crippen LogP contribution is -1.90. The molecule has 5 N–H and O–H groups in total. The molecular formula is C31H45N5O7S2. The van der Waals surface area contributed by atoms with Gasteiger partial charge in [-0.1, -0.05) is 103 Å². The van der Waals surface area contributed by atoms with Gasteiger partial charge in [0.25, 0.3) is 10.1 Å². The van der Waals surface area contributed by atoms with Crippen LogP contribution in [0.4, 0.5) is 28.4 Å². The number of nitrogens with zero attached hydrogens (tertiary/aromatic N) is 4. The number of aromatic hydroxyl groups is 1. The molecule has 248 valence electrons. The lowest BCUT2D eigenvalue weighted by Gasteiger charge is -2.12. The molecule has 12 nitrogen and oxygen atoms in total. The van der Waals surface area contributed by atoms with Gasteiger partial charge in [0.05, 0.1) is 45.6 Å². The second-order valence-electron chi connectivity index (χ2n) is 7.20. The molecule has 0 fully saturated rings. The van der Waals surface area contributed by atoms with Crippen molar-refractivity contribution in [3.05, 3.63) is 78.9 Å². The van der Waals surface area contributed by atoms with Crippen LogP contribution in [0.2, 0.25) is 0 Å². The van der Waals surface area contributed by atoms with Crippen molar-refractivity contribution in [2.24, 2.45) is 20.5 Å². The maximum absolute atomic E-state index is 11.0. The molecule has 4 aromatic rings. The molecule has 0 unspecified atom stereocenters. The standard InChI is InChI=1S/C22H17N5O4S.4C2H6.CH4O3S/c23-20-17(26-24-15-7-3-1-4-8-15)12-11-14-13-18(32-31-30-29)21(22(28)19(14)20)27-25-16-9-5-2-6-10-16;4*1-2;1-5(2,3)4/h1-13,28-29H,23H2;4*1-2H3;1H3,(H,2,3,4). The minimum absolute atomic E-state index is 0.0900. The maximum Gasteiger partial charge on any atom is 0.261 e. The molecule has 0 saturated heterocycles. The number of phenolic OH excluding ortho intramolecular Hbond substituents is 1. The zero-order valence-corrected chi connectivity index (χ0v) is 28.8. The Bertz CT molecular complexity index is 1510. The zero-order chi connectivity index (χ0) is 34.8. The average Bonchev–Trinajstić information content (AvgIpc) is 3.07. The van der Waals surface area contributed by atoms with Crippen LogP contribution in [0.15, 0.2) is 104 Å². The molecule has 0 spiro atoms. The van der Waals surface area contributed by atoms with Crippen molar-refractivity contribution in [2.45, 2.75) is 60.3 Å². The summed E-state index contributed by atoms with van der Waals surface area (Å²) in [4.78, 5) is 0.349. The Morgan fingerprint density at radius 3 is 1.62 bits per heavy atom. The number of hydrogen-bond acceptors (Lipinski definition) is 12. The van der Waals surface area contributed by atoms with Gasteiger partial charge in [-0.2, -0.15) is 18.6 Å². The van der Waals surface area contributed by atoms with E-state index in [0.717, 1.165) is 0 Å². The topological polar surface area (TPSA) is 189 Å². The van der Waals surface area contributed by atoms with E-state index < -0.39 is 10.1 Å². The van der Waals surface area contributed by atoms with Crippen LogP contribution in [0.1, 0.15) is 55.4 Å². The van der Waals surface area contributed by atoms with Crippen LogP contribution in [-0.4, -0.2) is 29.6 Å². The monoisotopic (exact) mass is 663 g/mol. The van der Waals surface area contributed by atoms with Crippen molar-refractivity contribution >= 4 is 61.4 Å². The summed E-state index contributed by atoms with van der Waals surface area (Å²) in [5.74, 6) is -0.222. The Morgan fingerprint density at radius 1 is 0.733 bits per heavy atom. The van der Waals surface area contributed by atoms with Crippen LogP contribution >= 0.6 is 12.0 Å². The van der Waals surface area contributed by atoms with E-state index in [0.29, 0.717) is 51.0 Å². The molecule has 0 aromatic heterocycles. The van der Waals surface area contributed by atoms with Crippen molar-refractivity contribution in [3.8, 4) is 5.75 Å². The van der Waals surface area contributed by atoms with E-state index in [-0.39, 0.29) is 17.1 Å². The highest BCUT2D eigenvalue weighted by Crippen LogP contribution is 2.47. The smallest absolute Gasteiger partial charge is 0.261 e. The number of hydrogen-bond donors (Lipinski definition) is 4. The van der Waals surface area contributed by atoms with Gasteiger partial charge in [0, 0.05) is 0 Å². The van der Waals surface area contributed by atoms with Crippen molar-refractivity contribution < 1.29 is 32.7 Å². The van der Waals surface area contributed by atoms with Crippen LogP contribution in [0.3, 0.4) is 0 Å². The summed E-state index contributed by atoms with van der Waals surface area (Å²) in [6, 6.07) is 23.3. The molecular weight excluding hydrogens is 619 g/mol. The Hall–Kier alpha value is -3.92. The van der Waals surface area contributed by atoms with Crippen molar-refractivity contribution in [1.82, 2.24) is 0 Å². The molecule has 0 heterocycles. The first-order valence-corrected chi connectivity index (χ1v) is 16.9. The normalized spacial score (nSPS) is 10.1. The molecule has 0 aliphatic rings. The van der Waals surface area contributed by atoms with Gasteiger partial charge >= 0.3 is 0 Å². The lowest BCUT2D eigenvalue weighted by molar-refractivity contribution is -0.432. The van der Waals surface area contributed by atoms with Crippen LogP contribution in [0.5, 0.6) is 5.75 Å². The Balaban J connectivity index is 0. The van der Waals surface area contributed by atoms with E-state index in [1.165, 1.54) is 0 Å². The Kier molecular flexibility index (Phi) is 24.4. The fourth-order valence-corrected chi connectivity index (χ4v) is 3.46. The molecule has 14 heteroatoms. The average molecular weight is 664 g/mol. The van der Waals surface area contributed by atoms with Gasteiger partial charge in [0.1, 0.15) is 11.4 Å². The SMILES string of the molecule is CC.CC.CC.CC.CS(=O)(=O)O.Nc1c(N=Nc2ccccc2)ccc2cc(SOOO)c(N=Nc3ccccc3)c(O)c12. The third kappa shape index (κ3) is 16.7. The first-order chi connectivity index (χ1) is 21.7. The molecule has 0 radical (unpaired) electrons. The number of rotatable bonds is 7. The zero-order valence-electron chi connectivity index (χ0n) is 27.2. The van der Waals surface area contributed by atoms with E-state index >= 15 is 0 Å².